The van der Waals surface area contributed by atoms with Gasteiger partial charge in [-0.15, -0.1) is 0 Å². The van der Waals surface area contributed by atoms with Crippen molar-refractivity contribution in [3.05, 3.63) is 33.9 Å². The monoisotopic (exact) mass is 356 g/mol. The van der Waals surface area contributed by atoms with E-state index in [1.54, 1.807) is 4.90 Å². The van der Waals surface area contributed by atoms with Crippen LogP contribution in [0.3, 0.4) is 0 Å². The maximum Gasteiger partial charge on any atom is 0.273 e. The Morgan fingerprint density at radius 3 is 2.58 bits per heavy atom. The summed E-state index contributed by atoms with van der Waals surface area (Å²) < 4.78 is 26.3. The van der Waals surface area contributed by atoms with E-state index in [2.05, 4.69) is 5.32 Å². The predicted octanol–water partition coefficient (Wildman–Crippen LogP) is -0.0445. The van der Waals surface area contributed by atoms with Gasteiger partial charge in [0.25, 0.3) is 5.69 Å². The molecule has 0 aromatic heterocycles. The van der Waals surface area contributed by atoms with E-state index in [1.165, 1.54) is 32.2 Å². The number of benzene rings is 1. The topological polar surface area (TPSA) is 113 Å². The Balaban J connectivity index is 2.22. The summed E-state index contributed by atoms with van der Waals surface area (Å²) in [6, 6.07) is 3.88. The third-order valence-corrected chi connectivity index (χ3v) is 5.92. The van der Waals surface area contributed by atoms with Crippen LogP contribution in [0.5, 0.6) is 0 Å². The molecule has 0 saturated carbocycles. The average molecular weight is 356 g/mol. The van der Waals surface area contributed by atoms with Gasteiger partial charge in [-0.25, -0.2) is 8.42 Å². The zero-order chi connectivity index (χ0) is 17.9. The molecule has 1 aromatic carbocycles. The molecule has 0 atom stereocenters. The molecule has 9 nitrogen and oxygen atoms in total. The maximum absolute atomic E-state index is 12.7. The number of carbonyl (C=O) groups is 1. The lowest BCUT2D eigenvalue weighted by atomic mass is 10.2. The molecule has 0 unspecified atom stereocenters. The van der Waals surface area contributed by atoms with Gasteiger partial charge in [-0.05, 0) is 13.0 Å². The summed E-state index contributed by atoms with van der Waals surface area (Å²) in [4.78, 5) is 24.0. The standard InChI is InChI=1S/C14H20N4O5S/c1-11-12(18(20)21)4-3-5-13(11)24(22,23)16(2)10-14(19)17-8-6-15-7-9-17/h3-5,15H,6-10H2,1-2H3. The highest BCUT2D eigenvalue weighted by atomic mass is 32.2. The average Bonchev–Trinajstić information content (AvgIpc) is 2.55. The van der Waals surface area contributed by atoms with Crippen molar-refractivity contribution in [2.24, 2.45) is 0 Å². The van der Waals surface area contributed by atoms with Gasteiger partial charge in [-0.3, -0.25) is 14.9 Å². The van der Waals surface area contributed by atoms with Crippen molar-refractivity contribution in [3.8, 4) is 0 Å². The van der Waals surface area contributed by atoms with E-state index in [9.17, 15) is 23.3 Å². The molecule has 1 saturated heterocycles. The zero-order valence-corrected chi connectivity index (χ0v) is 14.4. The van der Waals surface area contributed by atoms with Crippen LogP contribution in [-0.2, 0) is 14.8 Å². The van der Waals surface area contributed by atoms with Gasteiger partial charge in [0.15, 0.2) is 0 Å². The van der Waals surface area contributed by atoms with Gasteiger partial charge < -0.3 is 10.2 Å². The minimum absolute atomic E-state index is 0.0592. The van der Waals surface area contributed by atoms with Crippen molar-refractivity contribution in [1.29, 1.82) is 0 Å². The van der Waals surface area contributed by atoms with Crippen molar-refractivity contribution >= 4 is 21.6 Å². The predicted molar refractivity (Wildman–Crippen MR) is 87.1 cm³/mol. The van der Waals surface area contributed by atoms with Crippen LogP contribution in [0.25, 0.3) is 0 Å². The molecule has 132 valence electrons. The number of carbonyl (C=O) groups excluding carboxylic acids is 1. The molecule has 24 heavy (non-hydrogen) atoms. The summed E-state index contributed by atoms with van der Waals surface area (Å²) in [6.07, 6.45) is 0. The molecular weight excluding hydrogens is 336 g/mol. The Morgan fingerprint density at radius 1 is 1.38 bits per heavy atom. The number of nitrogens with one attached hydrogen (secondary N) is 1. The molecule has 0 radical (unpaired) electrons. The Labute approximate surface area is 140 Å². The molecule has 1 aliphatic rings. The van der Waals surface area contributed by atoms with Crippen molar-refractivity contribution < 1.29 is 18.1 Å². The molecule has 0 aliphatic carbocycles. The summed E-state index contributed by atoms with van der Waals surface area (Å²) in [6.45, 7) is 3.49. The lowest BCUT2D eigenvalue weighted by Gasteiger charge is -2.29. The number of piperazine rings is 1. The van der Waals surface area contributed by atoms with Gasteiger partial charge >= 0.3 is 0 Å². The summed E-state index contributed by atoms with van der Waals surface area (Å²) in [5, 5.41) is 14.1. The van der Waals surface area contributed by atoms with Crippen LogP contribution in [-0.4, -0.2) is 68.2 Å². The molecule has 0 bridgehead atoms. The first-order valence-electron chi connectivity index (χ1n) is 7.44. The van der Waals surface area contributed by atoms with Crippen molar-refractivity contribution in [2.75, 3.05) is 39.8 Å². The first-order valence-corrected chi connectivity index (χ1v) is 8.88. The number of likely N-dealkylation sites (N-methyl/N-ethyl adjacent to an activating group) is 1. The van der Waals surface area contributed by atoms with Crippen molar-refractivity contribution in [1.82, 2.24) is 14.5 Å². The number of nitro groups is 1. The van der Waals surface area contributed by atoms with Crippen molar-refractivity contribution in [2.45, 2.75) is 11.8 Å². The number of hydrogen-bond donors (Lipinski definition) is 1. The number of sulfonamides is 1. The minimum Gasteiger partial charge on any atom is -0.339 e. The highest BCUT2D eigenvalue weighted by Crippen LogP contribution is 2.26. The second-order valence-corrected chi connectivity index (χ2v) is 7.56. The molecular formula is C14H20N4O5S. The normalized spacial score (nSPS) is 15.5. The molecule has 0 spiro atoms. The highest BCUT2D eigenvalue weighted by molar-refractivity contribution is 7.89. The van der Waals surface area contributed by atoms with Crippen LogP contribution < -0.4 is 5.32 Å². The van der Waals surface area contributed by atoms with Gasteiger partial charge in [-0.1, -0.05) is 6.07 Å². The second-order valence-electron chi connectivity index (χ2n) is 5.55. The molecule has 1 N–H and O–H groups in total. The number of nitro benzene ring substituents is 1. The highest BCUT2D eigenvalue weighted by Gasteiger charge is 2.29. The van der Waals surface area contributed by atoms with Crippen molar-refractivity contribution in [3.63, 3.8) is 0 Å². The lowest BCUT2D eigenvalue weighted by molar-refractivity contribution is -0.385. The third-order valence-electron chi connectivity index (χ3n) is 3.97. The number of rotatable bonds is 5. The Bertz CT molecular complexity index is 744. The Hall–Kier alpha value is -2.04. The fraction of sp³-hybridized carbons (Fsp3) is 0.500. The van der Waals surface area contributed by atoms with Crippen LogP contribution in [0.1, 0.15) is 5.56 Å². The molecule has 1 amide bonds. The minimum atomic E-state index is -3.99. The molecule has 1 heterocycles. The first-order chi connectivity index (χ1) is 11.2. The van der Waals surface area contributed by atoms with Gasteiger partial charge in [0, 0.05) is 44.9 Å². The van der Waals surface area contributed by atoms with Crippen LogP contribution in [0.2, 0.25) is 0 Å². The quantitative estimate of drug-likeness (QED) is 0.585. The number of amides is 1. The lowest BCUT2D eigenvalue weighted by Crippen LogP contribution is -2.49. The molecule has 10 heteroatoms. The van der Waals surface area contributed by atoms with Crippen LogP contribution in [0.4, 0.5) is 5.69 Å². The van der Waals surface area contributed by atoms with Gasteiger partial charge in [0.2, 0.25) is 15.9 Å². The molecule has 2 rings (SSSR count). The smallest absolute Gasteiger partial charge is 0.273 e. The number of nitrogens with zero attached hydrogens (tertiary/aromatic N) is 3. The van der Waals surface area contributed by atoms with Crippen LogP contribution >= 0.6 is 0 Å². The second kappa shape index (κ2) is 7.24. The zero-order valence-electron chi connectivity index (χ0n) is 13.6. The van der Waals surface area contributed by atoms with Gasteiger partial charge in [-0.2, -0.15) is 4.31 Å². The molecule has 1 aliphatic heterocycles. The van der Waals surface area contributed by atoms with Gasteiger partial charge in [0.05, 0.1) is 16.4 Å². The van der Waals surface area contributed by atoms with Gasteiger partial charge in [0.1, 0.15) is 0 Å². The van der Waals surface area contributed by atoms with E-state index in [1.807, 2.05) is 0 Å². The first kappa shape index (κ1) is 18.3. The Kier molecular flexibility index (Phi) is 5.52. The summed E-state index contributed by atoms with van der Waals surface area (Å²) in [5.41, 5.74) is -0.207. The van der Waals surface area contributed by atoms with Crippen LogP contribution in [0, 0.1) is 17.0 Å². The fourth-order valence-electron chi connectivity index (χ4n) is 2.54. The third kappa shape index (κ3) is 3.71. The molecule has 1 fully saturated rings. The van der Waals surface area contributed by atoms with Crippen LogP contribution in [0.15, 0.2) is 23.1 Å². The van der Waals surface area contributed by atoms with E-state index >= 15 is 0 Å². The SMILES string of the molecule is Cc1c([N+](=O)[O-])cccc1S(=O)(=O)N(C)CC(=O)N1CCNCC1. The summed E-state index contributed by atoms with van der Waals surface area (Å²) >= 11 is 0. The van der Waals surface area contributed by atoms with E-state index in [-0.39, 0.29) is 28.6 Å². The fourth-order valence-corrected chi connectivity index (χ4v) is 3.90. The summed E-state index contributed by atoms with van der Waals surface area (Å²) in [5.74, 6) is -0.286. The summed E-state index contributed by atoms with van der Waals surface area (Å²) in [7, 11) is -2.69. The van der Waals surface area contributed by atoms with E-state index in [0.717, 1.165) is 4.31 Å². The Morgan fingerprint density at radius 2 is 2.00 bits per heavy atom. The maximum atomic E-state index is 12.7. The van der Waals surface area contributed by atoms with E-state index in [4.69, 9.17) is 0 Å². The largest absolute Gasteiger partial charge is 0.339 e. The van der Waals surface area contributed by atoms with E-state index < -0.39 is 14.9 Å². The van der Waals surface area contributed by atoms with E-state index in [0.29, 0.717) is 26.2 Å². The number of hydrogen-bond acceptors (Lipinski definition) is 6. The molecule has 1 aromatic rings.